The Kier molecular flexibility index (Phi) is 6.00. The minimum Gasteiger partial charge on any atom is -0.326 e. The second-order valence-electron chi connectivity index (χ2n) is 6.43. The monoisotopic (exact) mass is 395 g/mol. The van der Waals surface area contributed by atoms with Gasteiger partial charge in [0.25, 0.3) is 0 Å². The highest BCUT2D eigenvalue weighted by molar-refractivity contribution is 7.71. The van der Waals surface area contributed by atoms with Crippen molar-refractivity contribution in [2.24, 2.45) is 0 Å². The van der Waals surface area contributed by atoms with Crippen LogP contribution < -0.4 is 10.6 Å². The molecule has 2 aromatic carbocycles. The first-order valence-electron chi connectivity index (χ1n) is 8.82. The molecule has 1 aromatic heterocycles. The Hall–Kier alpha value is -3.26. The van der Waals surface area contributed by atoms with E-state index in [9.17, 15) is 9.59 Å². The third-order valence-corrected chi connectivity index (χ3v) is 4.40. The molecule has 0 saturated heterocycles. The van der Waals surface area contributed by atoms with Crippen LogP contribution in [-0.4, -0.2) is 26.6 Å². The molecule has 3 rings (SSSR count). The summed E-state index contributed by atoms with van der Waals surface area (Å²) in [6.07, 6.45) is 0.250. The normalized spacial score (nSPS) is 10.5. The number of benzene rings is 2. The third kappa shape index (κ3) is 4.92. The number of amides is 2. The lowest BCUT2D eigenvalue weighted by atomic mass is 10.1. The zero-order chi connectivity index (χ0) is 20.1. The number of aromatic amines is 1. The van der Waals surface area contributed by atoms with Gasteiger partial charge in [-0.05, 0) is 49.5 Å². The van der Waals surface area contributed by atoms with E-state index in [1.165, 1.54) is 6.92 Å². The fourth-order valence-corrected chi connectivity index (χ4v) is 3.03. The Balaban J connectivity index is 1.64. The molecule has 3 aromatic rings. The minimum atomic E-state index is -0.141. The molecule has 1 heterocycles. The Morgan fingerprint density at radius 2 is 1.79 bits per heavy atom. The van der Waals surface area contributed by atoms with Gasteiger partial charge in [0.2, 0.25) is 11.8 Å². The predicted octanol–water partition coefficient (Wildman–Crippen LogP) is 3.90. The molecule has 0 spiro atoms. The van der Waals surface area contributed by atoms with Crippen LogP contribution in [0.3, 0.4) is 0 Å². The zero-order valence-electron chi connectivity index (χ0n) is 15.7. The van der Waals surface area contributed by atoms with Crippen molar-refractivity contribution in [2.75, 3.05) is 10.6 Å². The second-order valence-corrected chi connectivity index (χ2v) is 6.82. The van der Waals surface area contributed by atoms with Crippen LogP contribution >= 0.6 is 12.2 Å². The van der Waals surface area contributed by atoms with Gasteiger partial charge in [-0.25, -0.2) is 0 Å². The van der Waals surface area contributed by atoms with Gasteiger partial charge in [-0.1, -0.05) is 23.8 Å². The molecular formula is C20H21N5O2S. The van der Waals surface area contributed by atoms with Crippen LogP contribution in [0.25, 0.3) is 11.4 Å². The smallest absolute Gasteiger partial charge is 0.226 e. The van der Waals surface area contributed by atoms with Gasteiger partial charge in [-0.2, -0.15) is 5.10 Å². The van der Waals surface area contributed by atoms with E-state index < -0.39 is 0 Å². The van der Waals surface area contributed by atoms with Gasteiger partial charge < -0.3 is 10.6 Å². The number of hydrogen-bond acceptors (Lipinski definition) is 4. The molecule has 144 valence electrons. The molecule has 0 saturated carbocycles. The van der Waals surface area contributed by atoms with Gasteiger partial charge in [-0.3, -0.25) is 19.3 Å². The number of anilines is 2. The lowest BCUT2D eigenvalue weighted by Crippen LogP contribution is -2.15. The molecule has 2 amide bonds. The molecule has 0 bridgehead atoms. The number of nitrogens with zero attached hydrogens (tertiary/aromatic N) is 2. The Morgan fingerprint density at radius 3 is 2.43 bits per heavy atom. The van der Waals surface area contributed by atoms with Gasteiger partial charge >= 0.3 is 0 Å². The average molecular weight is 395 g/mol. The topological polar surface area (TPSA) is 91.8 Å². The molecule has 28 heavy (non-hydrogen) atoms. The zero-order valence-corrected chi connectivity index (χ0v) is 16.5. The molecule has 0 fully saturated rings. The standard InChI is InChI=1S/C20H21N5O2S/c1-13-4-3-5-15(12-13)19-23-24-20(28)25(19)11-10-18(27)22-17-8-6-16(7-9-17)21-14(2)26/h3-9,12H,10-11H2,1-2H3,(H,21,26)(H,22,27)(H,24,28). The van der Waals surface area contributed by atoms with E-state index in [0.29, 0.717) is 28.5 Å². The summed E-state index contributed by atoms with van der Waals surface area (Å²) in [6.45, 7) is 3.87. The predicted molar refractivity (Wildman–Crippen MR) is 112 cm³/mol. The summed E-state index contributed by atoms with van der Waals surface area (Å²) in [4.78, 5) is 23.4. The highest BCUT2D eigenvalue weighted by Crippen LogP contribution is 2.19. The number of rotatable bonds is 6. The molecule has 8 heteroatoms. The fraction of sp³-hybridized carbons (Fsp3) is 0.200. The Morgan fingerprint density at radius 1 is 1.11 bits per heavy atom. The van der Waals surface area contributed by atoms with Crippen LogP contribution in [0.4, 0.5) is 11.4 Å². The summed E-state index contributed by atoms with van der Waals surface area (Å²) >= 11 is 5.31. The van der Waals surface area contributed by atoms with Gasteiger partial charge in [0, 0.05) is 36.8 Å². The number of H-pyrrole nitrogens is 1. The molecule has 0 radical (unpaired) electrons. The molecule has 0 unspecified atom stereocenters. The lowest BCUT2D eigenvalue weighted by Gasteiger charge is -2.09. The van der Waals surface area contributed by atoms with Crippen molar-refractivity contribution in [2.45, 2.75) is 26.8 Å². The minimum absolute atomic E-state index is 0.134. The highest BCUT2D eigenvalue weighted by Gasteiger charge is 2.11. The first-order valence-corrected chi connectivity index (χ1v) is 9.23. The maximum absolute atomic E-state index is 12.3. The van der Waals surface area contributed by atoms with Crippen molar-refractivity contribution in [1.29, 1.82) is 0 Å². The largest absolute Gasteiger partial charge is 0.326 e. The number of aryl methyl sites for hydroxylation is 1. The van der Waals surface area contributed by atoms with E-state index in [1.807, 2.05) is 35.8 Å². The summed E-state index contributed by atoms with van der Waals surface area (Å²) in [5.41, 5.74) is 3.41. The first-order chi connectivity index (χ1) is 13.4. The SMILES string of the molecule is CC(=O)Nc1ccc(NC(=O)CCn2c(-c3cccc(C)c3)n[nH]c2=S)cc1. The molecule has 0 aliphatic heterocycles. The van der Waals surface area contributed by atoms with Crippen LogP contribution in [0, 0.1) is 11.7 Å². The Bertz CT molecular complexity index is 1050. The maximum Gasteiger partial charge on any atom is 0.226 e. The van der Waals surface area contributed by atoms with Crippen molar-refractivity contribution >= 4 is 35.4 Å². The first kappa shape index (κ1) is 19.5. The second kappa shape index (κ2) is 8.62. The quantitative estimate of drug-likeness (QED) is 0.552. The number of aromatic nitrogens is 3. The Labute approximate surface area is 167 Å². The van der Waals surface area contributed by atoms with Crippen LogP contribution in [0.15, 0.2) is 48.5 Å². The molecule has 0 aliphatic carbocycles. The highest BCUT2D eigenvalue weighted by atomic mass is 32.1. The summed E-state index contributed by atoms with van der Waals surface area (Å²) in [7, 11) is 0. The number of hydrogen-bond donors (Lipinski definition) is 3. The summed E-state index contributed by atoms with van der Waals surface area (Å²) < 4.78 is 2.30. The van der Waals surface area contributed by atoms with Gasteiger partial charge in [0.15, 0.2) is 10.6 Å². The van der Waals surface area contributed by atoms with E-state index in [-0.39, 0.29) is 18.2 Å². The third-order valence-electron chi connectivity index (χ3n) is 4.09. The van der Waals surface area contributed by atoms with Crippen LogP contribution in [0.5, 0.6) is 0 Å². The number of nitrogens with one attached hydrogen (secondary N) is 3. The number of carbonyl (C=O) groups excluding carboxylic acids is 2. The molecular weight excluding hydrogens is 374 g/mol. The van der Waals surface area contributed by atoms with Crippen LogP contribution in [0.1, 0.15) is 18.9 Å². The van der Waals surface area contributed by atoms with E-state index in [4.69, 9.17) is 12.2 Å². The van der Waals surface area contributed by atoms with E-state index in [1.54, 1.807) is 24.3 Å². The maximum atomic E-state index is 12.3. The molecule has 3 N–H and O–H groups in total. The number of carbonyl (C=O) groups is 2. The van der Waals surface area contributed by atoms with Crippen molar-refractivity contribution < 1.29 is 9.59 Å². The van der Waals surface area contributed by atoms with Gasteiger partial charge in [-0.15, -0.1) is 0 Å². The van der Waals surface area contributed by atoms with Crippen molar-refractivity contribution in [3.8, 4) is 11.4 Å². The fourth-order valence-electron chi connectivity index (χ4n) is 2.81. The van der Waals surface area contributed by atoms with Crippen molar-refractivity contribution in [1.82, 2.24) is 14.8 Å². The molecule has 0 atom stereocenters. The van der Waals surface area contributed by atoms with E-state index in [0.717, 1.165) is 11.1 Å². The van der Waals surface area contributed by atoms with Crippen molar-refractivity contribution in [3.63, 3.8) is 0 Å². The summed E-state index contributed by atoms with van der Waals surface area (Å²) in [6, 6.07) is 14.9. The molecule has 7 nitrogen and oxygen atoms in total. The lowest BCUT2D eigenvalue weighted by molar-refractivity contribution is -0.116. The van der Waals surface area contributed by atoms with Crippen molar-refractivity contribution in [3.05, 3.63) is 58.9 Å². The van der Waals surface area contributed by atoms with Crippen LogP contribution in [0.2, 0.25) is 0 Å². The summed E-state index contributed by atoms with van der Waals surface area (Å²) in [5.74, 6) is 0.435. The van der Waals surface area contributed by atoms with E-state index >= 15 is 0 Å². The summed E-state index contributed by atoms with van der Waals surface area (Å²) in [5, 5.41) is 12.6. The average Bonchev–Trinajstić information content (AvgIpc) is 3.02. The van der Waals surface area contributed by atoms with Crippen LogP contribution in [-0.2, 0) is 16.1 Å². The van der Waals surface area contributed by atoms with E-state index in [2.05, 4.69) is 20.8 Å². The van der Waals surface area contributed by atoms with Gasteiger partial charge in [0.1, 0.15) is 0 Å². The molecule has 0 aliphatic rings. The van der Waals surface area contributed by atoms with Gasteiger partial charge in [0.05, 0.1) is 0 Å².